The van der Waals surface area contributed by atoms with Gasteiger partial charge in [-0.3, -0.25) is 18.5 Å². The minimum Gasteiger partial charge on any atom is -0.297 e. The number of fused-ring (bicyclic) bond motifs is 3. The number of nitrogens with zero attached hydrogens (tertiary/aromatic N) is 6. The highest BCUT2D eigenvalue weighted by Crippen LogP contribution is 2.29. The maximum atomic E-state index is 12.9. The summed E-state index contributed by atoms with van der Waals surface area (Å²) in [6, 6.07) is 10.3. The van der Waals surface area contributed by atoms with E-state index < -0.39 is 0 Å². The lowest BCUT2D eigenvalue weighted by Crippen LogP contribution is -2.39. The molecule has 0 saturated heterocycles. The van der Waals surface area contributed by atoms with E-state index in [0.717, 1.165) is 23.1 Å². The van der Waals surface area contributed by atoms with Gasteiger partial charge in [0.1, 0.15) is 0 Å². The van der Waals surface area contributed by atoms with Crippen molar-refractivity contribution in [1.82, 2.24) is 18.7 Å². The van der Waals surface area contributed by atoms with E-state index >= 15 is 0 Å². The van der Waals surface area contributed by atoms with Crippen molar-refractivity contribution in [3.63, 3.8) is 0 Å². The predicted octanol–water partition coefficient (Wildman–Crippen LogP) is 2.29. The second-order valence-electron chi connectivity index (χ2n) is 8.88. The Labute approximate surface area is 175 Å². The molecule has 0 amide bonds. The summed E-state index contributed by atoms with van der Waals surface area (Å²) in [5.41, 5.74) is 2.24. The van der Waals surface area contributed by atoms with Crippen LogP contribution >= 0.6 is 0 Å². The van der Waals surface area contributed by atoms with Crippen LogP contribution < -0.4 is 16.3 Å². The lowest BCUT2D eigenvalue weighted by Gasteiger charge is -2.31. The van der Waals surface area contributed by atoms with Gasteiger partial charge in [0.2, 0.25) is 5.95 Å². The number of aromatic nitrogens is 4. The second-order valence-corrected chi connectivity index (χ2v) is 8.88. The van der Waals surface area contributed by atoms with E-state index in [9.17, 15) is 9.59 Å². The molecule has 3 heterocycles. The van der Waals surface area contributed by atoms with Gasteiger partial charge in [0.05, 0.1) is 12.3 Å². The molecule has 8 heteroatoms. The maximum Gasteiger partial charge on any atom is 0.332 e. The summed E-state index contributed by atoms with van der Waals surface area (Å²) >= 11 is 0. The molecule has 0 saturated carbocycles. The molecular weight excluding hydrogens is 380 g/mol. The van der Waals surface area contributed by atoms with Crippen molar-refractivity contribution in [2.24, 2.45) is 24.6 Å². The van der Waals surface area contributed by atoms with Gasteiger partial charge in [-0.15, -0.1) is 0 Å². The molecule has 158 valence electrons. The maximum absolute atomic E-state index is 12.9. The van der Waals surface area contributed by atoms with Crippen molar-refractivity contribution >= 4 is 22.8 Å². The molecule has 0 unspecified atom stereocenters. The molecule has 1 aliphatic rings. The fraction of sp³-hybridized carbons (Fsp3) is 0.455. The largest absolute Gasteiger partial charge is 0.332 e. The number of imidazole rings is 1. The van der Waals surface area contributed by atoms with E-state index in [0.29, 0.717) is 30.2 Å². The van der Waals surface area contributed by atoms with E-state index in [4.69, 9.17) is 5.10 Å². The van der Waals surface area contributed by atoms with E-state index in [-0.39, 0.29) is 16.7 Å². The first kappa shape index (κ1) is 20.1. The van der Waals surface area contributed by atoms with Gasteiger partial charge in [0.25, 0.3) is 5.56 Å². The fourth-order valence-corrected chi connectivity index (χ4v) is 3.77. The zero-order valence-corrected chi connectivity index (χ0v) is 18.2. The number of hydrazone groups is 1. The van der Waals surface area contributed by atoms with Crippen molar-refractivity contribution in [2.75, 3.05) is 11.6 Å². The Balaban J connectivity index is 1.77. The van der Waals surface area contributed by atoms with Crippen LogP contribution in [0.4, 0.5) is 5.95 Å². The molecule has 0 aliphatic carbocycles. The van der Waals surface area contributed by atoms with Crippen LogP contribution in [0.15, 0.2) is 45.0 Å². The Morgan fingerprint density at radius 3 is 2.40 bits per heavy atom. The van der Waals surface area contributed by atoms with Crippen LogP contribution in [0.3, 0.4) is 0 Å². The highest BCUT2D eigenvalue weighted by molar-refractivity contribution is 5.93. The molecular formula is C22H28N6O2. The minimum absolute atomic E-state index is 0.155. The molecule has 0 spiro atoms. The predicted molar refractivity (Wildman–Crippen MR) is 119 cm³/mol. The summed E-state index contributed by atoms with van der Waals surface area (Å²) in [5, 5.41) is 6.78. The van der Waals surface area contributed by atoms with Gasteiger partial charge >= 0.3 is 5.69 Å². The van der Waals surface area contributed by atoms with E-state index in [2.05, 4.69) is 37.9 Å². The van der Waals surface area contributed by atoms with Gasteiger partial charge in [-0.1, -0.05) is 51.1 Å². The lowest BCUT2D eigenvalue weighted by molar-refractivity contribution is 0.547. The summed E-state index contributed by atoms with van der Waals surface area (Å²) in [6.45, 7) is 7.51. The van der Waals surface area contributed by atoms with Crippen molar-refractivity contribution in [3.8, 4) is 0 Å². The van der Waals surface area contributed by atoms with Crippen LogP contribution in [0.2, 0.25) is 0 Å². The molecule has 8 nitrogen and oxygen atoms in total. The summed E-state index contributed by atoms with van der Waals surface area (Å²) in [6.07, 6.45) is 1.82. The van der Waals surface area contributed by atoms with E-state index in [1.807, 2.05) is 27.8 Å². The van der Waals surface area contributed by atoms with Crippen LogP contribution in [0.1, 0.15) is 32.8 Å². The molecule has 4 rings (SSSR count). The Bertz CT molecular complexity index is 1240. The van der Waals surface area contributed by atoms with Crippen molar-refractivity contribution in [2.45, 2.75) is 40.2 Å². The topological polar surface area (TPSA) is 77.4 Å². The van der Waals surface area contributed by atoms with Gasteiger partial charge in [-0.05, 0) is 18.4 Å². The van der Waals surface area contributed by atoms with Crippen LogP contribution in [-0.4, -0.2) is 30.9 Å². The molecule has 0 bridgehead atoms. The van der Waals surface area contributed by atoms with Gasteiger partial charge in [0, 0.05) is 26.1 Å². The Morgan fingerprint density at radius 1 is 1.03 bits per heavy atom. The highest BCUT2D eigenvalue weighted by atomic mass is 16.2. The first-order valence-electron chi connectivity index (χ1n) is 10.2. The molecule has 0 atom stereocenters. The number of anilines is 1. The van der Waals surface area contributed by atoms with Crippen LogP contribution in [-0.2, 0) is 27.1 Å². The van der Waals surface area contributed by atoms with Crippen molar-refractivity contribution in [3.05, 3.63) is 56.7 Å². The first-order chi connectivity index (χ1) is 14.2. The minimum atomic E-state index is -0.379. The number of hydrogen-bond donors (Lipinski definition) is 0. The zero-order chi connectivity index (χ0) is 21.6. The standard InChI is InChI=1S/C22H28N6O2/c1-22(2,3)16-14-27-17-18(25(4)21(30)26(5)19(17)29)23-20(27)28(24-16)13-9-12-15-10-7-6-8-11-15/h6-8,10-11H,9,12-14H2,1-5H3. The number of aryl methyl sites for hydroxylation is 2. The first-order valence-corrected chi connectivity index (χ1v) is 10.2. The lowest BCUT2D eigenvalue weighted by atomic mass is 9.89. The summed E-state index contributed by atoms with van der Waals surface area (Å²) in [4.78, 5) is 30.0. The molecule has 0 fully saturated rings. The normalized spacial score (nSPS) is 14.2. The Morgan fingerprint density at radius 2 is 1.73 bits per heavy atom. The number of rotatable bonds is 4. The molecule has 1 aromatic carbocycles. The van der Waals surface area contributed by atoms with Crippen molar-refractivity contribution < 1.29 is 0 Å². The number of hydrogen-bond acceptors (Lipinski definition) is 5. The molecule has 2 aromatic heterocycles. The average molecular weight is 409 g/mol. The van der Waals surface area contributed by atoms with Crippen LogP contribution in [0.25, 0.3) is 11.2 Å². The van der Waals surface area contributed by atoms with Crippen molar-refractivity contribution in [1.29, 1.82) is 0 Å². The molecule has 0 radical (unpaired) electrons. The third kappa shape index (κ3) is 3.36. The summed E-state index contributed by atoms with van der Waals surface area (Å²) < 4.78 is 4.48. The quantitative estimate of drug-likeness (QED) is 0.664. The average Bonchev–Trinajstić information content (AvgIpc) is 3.11. The van der Waals surface area contributed by atoms with Crippen LogP contribution in [0, 0.1) is 5.41 Å². The molecule has 1 aliphatic heterocycles. The number of benzene rings is 1. The summed E-state index contributed by atoms with van der Waals surface area (Å²) in [5.74, 6) is 0.615. The second kappa shape index (κ2) is 7.27. The molecule has 0 N–H and O–H groups in total. The van der Waals surface area contributed by atoms with Gasteiger partial charge < -0.3 is 0 Å². The smallest absolute Gasteiger partial charge is 0.297 e. The third-order valence-corrected chi connectivity index (χ3v) is 5.65. The van der Waals surface area contributed by atoms with E-state index in [1.165, 1.54) is 17.2 Å². The van der Waals surface area contributed by atoms with Gasteiger partial charge in [-0.2, -0.15) is 10.1 Å². The Kier molecular flexibility index (Phi) is 4.88. The van der Waals surface area contributed by atoms with Crippen LogP contribution in [0.5, 0.6) is 0 Å². The SMILES string of the molecule is Cn1c(=O)c2c(nc3n2CC(C(C)(C)C)=NN3CCCc2ccccc2)n(C)c1=O. The third-order valence-electron chi connectivity index (χ3n) is 5.65. The molecule has 30 heavy (non-hydrogen) atoms. The van der Waals surface area contributed by atoms with Gasteiger partial charge in [0.15, 0.2) is 11.2 Å². The van der Waals surface area contributed by atoms with Gasteiger partial charge in [-0.25, -0.2) is 9.80 Å². The monoisotopic (exact) mass is 408 g/mol. The summed E-state index contributed by atoms with van der Waals surface area (Å²) in [7, 11) is 3.15. The highest BCUT2D eigenvalue weighted by Gasteiger charge is 2.31. The zero-order valence-electron chi connectivity index (χ0n) is 18.2. The van der Waals surface area contributed by atoms with E-state index in [1.54, 1.807) is 7.05 Å². The Hall–Kier alpha value is -3.16. The fourth-order valence-electron chi connectivity index (χ4n) is 3.77. The molecule has 3 aromatic rings.